The molecule has 2 amide bonds. The minimum Gasteiger partial charge on any atom is -0.449 e. The van der Waals surface area contributed by atoms with Crippen molar-refractivity contribution in [3.05, 3.63) is 53.1 Å². The maximum atomic E-state index is 13.5. The molecule has 0 aromatic heterocycles. The van der Waals surface area contributed by atoms with Gasteiger partial charge in [-0.2, -0.15) is 8.78 Å². The van der Waals surface area contributed by atoms with Crippen molar-refractivity contribution in [3.63, 3.8) is 0 Å². The third-order valence-electron chi connectivity index (χ3n) is 5.41. The second-order valence-electron chi connectivity index (χ2n) is 7.35. The van der Waals surface area contributed by atoms with Gasteiger partial charge in [0.2, 0.25) is 0 Å². The lowest BCUT2D eigenvalue weighted by Gasteiger charge is -2.42. The van der Waals surface area contributed by atoms with Crippen molar-refractivity contribution in [1.29, 1.82) is 0 Å². The van der Waals surface area contributed by atoms with Crippen LogP contribution in [-0.4, -0.2) is 37.8 Å². The number of alkyl halides is 2. The predicted molar refractivity (Wildman–Crippen MR) is 114 cm³/mol. The maximum Gasteiger partial charge on any atom is 0.414 e. The molecule has 1 aliphatic rings. The Morgan fingerprint density at radius 1 is 1.10 bits per heavy atom. The summed E-state index contributed by atoms with van der Waals surface area (Å²) in [6.45, 7) is 4.87. The van der Waals surface area contributed by atoms with Crippen molar-refractivity contribution in [2.45, 2.75) is 46.8 Å². The molecule has 0 radical (unpaired) electrons. The highest BCUT2D eigenvalue weighted by Gasteiger charge is 2.38. The standard InChI is InChI=1S/C23H26F2N2O4/c1-5-16-13-26(21(28)17-9-7-8-10-20(17)31-22(24)25)18-11-14(3)15(4)12-19(18)27(16)23(29)30-6-2/h7-12,16,22H,5-6,13H2,1-4H3. The number of rotatable bonds is 5. The summed E-state index contributed by atoms with van der Waals surface area (Å²) in [4.78, 5) is 29.3. The number of ether oxygens (including phenoxy) is 2. The summed E-state index contributed by atoms with van der Waals surface area (Å²) >= 11 is 0. The molecule has 1 heterocycles. The summed E-state index contributed by atoms with van der Waals surface area (Å²) in [7, 11) is 0. The lowest BCUT2D eigenvalue weighted by molar-refractivity contribution is -0.0501. The number of carbonyl (C=O) groups excluding carboxylic acids is 2. The van der Waals surface area contributed by atoms with Crippen LogP contribution in [0.1, 0.15) is 41.8 Å². The molecular weight excluding hydrogens is 406 g/mol. The Morgan fingerprint density at radius 3 is 2.35 bits per heavy atom. The monoisotopic (exact) mass is 432 g/mol. The zero-order valence-electron chi connectivity index (χ0n) is 18.0. The molecule has 1 unspecified atom stereocenters. The lowest BCUT2D eigenvalue weighted by atomic mass is 9.99. The number of anilines is 2. The fourth-order valence-electron chi connectivity index (χ4n) is 3.71. The van der Waals surface area contributed by atoms with Crippen LogP contribution < -0.4 is 14.5 Å². The van der Waals surface area contributed by atoms with Gasteiger partial charge in [-0.1, -0.05) is 19.1 Å². The molecule has 0 aliphatic carbocycles. The molecule has 0 fully saturated rings. The van der Waals surface area contributed by atoms with Crippen molar-refractivity contribution in [2.24, 2.45) is 0 Å². The van der Waals surface area contributed by atoms with Gasteiger partial charge in [-0.25, -0.2) is 4.79 Å². The summed E-state index contributed by atoms with van der Waals surface area (Å²) in [6, 6.07) is 9.28. The molecule has 0 bridgehead atoms. The van der Waals surface area contributed by atoms with Gasteiger partial charge in [0, 0.05) is 6.54 Å². The van der Waals surface area contributed by atoms with Crippen LogP contribution in [0.4, 0.5) is 25.0 Å². The lowest BCUT2D eigenvalue weighted by Crippen LogP contribution is -2.53. The number of benzene rings is 2. The van der Waals surface area contributed by atoms with E-state index in [9.17, 15) is 18.4 Å². The van der Waals surface area contributed by atoms with E-state index >= 15 is 0 Å². The van der Waals surface area contributed by atoms with E-state index in [-0.39, 0.29) is 30.5 Å². The Hall–Kier alpha value is -3.16. The molecular formula is C23H26F2N2O4. The third kappa shape index (κ3) is 4.47. The molecule has 8 heteroatoms. The number of fused-ring (bicyclic) bond motifs is 1. The van der Waals surface area contributed by atoms with Gasteiger partial charge in [0.25, 0.3) is 5.91 Å². The minimum atomic E-state index is -3.05. The number of hydrogen-bond acceptors (Lipinski definition) is 4. The molecule has 0 N–H and O–H groups in total. The normalized spacial score (nSPS) is 15.6. The number of aryl methyl sites for hydroxylation is 2. The molecule has 2 aromatic carbocycles. The fraction of sp³-hybridized carbons (Fsp3) is 0.391. The molecule has 166 valence electrons. The Bertz CT molecular complexity index is 980. The number of halogens is 2. The van der Waals surface area contributed by atoms with Gasteiger partial charge >= 0.3 is 12.7 Å². The van der Waals surface area contributed by atoms with Gasteiger partial charge in [0.1, 0.15) is 5.75 Å². The number of hydrogen-bond donors (Lipinski definition) is 0. The van der Waals surface area contributed by atoms with Crippen LogP contribution in [0.2, 0.25) is 0 Å². The first kappa shape index (κ1) is 22.5. The van der Waals surface area contributed by atoms with E-state index in [0.29, 0.717) is 17.8 Å². The SMILES string of the molecule is CCOC(=O)N1c2cc(C)c(C)cc2N(C(=O)c2ccccc2OC(F)F)CC1CC. The zero-order valence-corrected chi connectivity index (χ0v) is 18.0. The molecule has 6 nitrogen and oxygen atoms in total. The first-order valence-electron chi connectivity index (χ1n) is 10.2. The Morgan fingerprint density at radius 2 is 1.74 bits per heavy atom. The summed E-state index contributed by atoms with van der Waals surface area (Å²) in [5, 5.41) is 0. The van der Waals surface area contributed by atoms with Crippen molar-refractivity contribution in [3.8, 4) is 5.75 Å². The summed E-state index contributed by atoms with van der Waals surface area (Å²) in [6.07, 6.45) is 0.0943. The Labute approximate surface area is 180 Å². The van der Waals surface area contributed by atoms with Crippen LogP contribution >= 0.6 is 0 Å². The van der Waals surface area contributed by atoms with Crippen LogP contribution in [0.3, 0.4) is 0 Å². The average molecular weight is 432 g/mol. The summed E-state index contributed by atoms with van der Waals surface area (Å²) in [5.41, 5.74) is 3.01. The Kier molecular flexibility index (Phi) is 6.77. The van der Waals surface area contributed by atoms with Gasteiger partial charge in [0.15, 0.2) is 0 Å². The second-order valence-corrected chi connectivity index (χ2v) is 7.35. The van der Waals surface area contributed by atoms with E-state index in [1.807, 2.05) is 32.9 Å². The number of nitrogens with zero attached hydrogens (tertiary/aromatic N) is 2. The van der Waals surface area contributed by atoms with E-state index in [1.165, 1.54) is 23.1 Å². The van der Waals surface area contributed by atoms with E-state index < -0.39 is 18.6 Å². The second kappa shape index (κ2) is 9.32. The fourth-order valence-corrected chi connectivity index (χ4v) is 3.71. The maximum absolute atomic E-state index is 13.5. The van der Waals surface area contributed by atoms with Crippen molar-refractivity contribution < 1.29 is 27.8 Å². The van der Waals surface area contributed by atoms with Gasteiger partial charge in [-0.15, -0.1) is 0 Å². The van der Waals surface area contributed by atoms with E-state index in [0.717, 1.165) is 11.1 Å². The third-order valence-corrected chi connectivity index (χ3v) is 5.41. The quantitative estimate of drug-likeness (QED) is 0.643. The van der Waals surface area contributed by atoms with Gasteiger partial charge in [-0.3, -0.25) is 9.69 Å². The molecule has 1 aliphatic heterocycles. The van der Waals surface area contributed by atoms with Crippen LogP contribution in [0, 0.1) is 13.8 Å². The van der Waals surface area contributed by atoms with Crippen LogP contribution in [0.5, 0.6) is 5.75 Å². The number of amides is 2. The smallest absolute Gasteiger partial charge is 0.414 e. The molecule has 1 atom stereocenters. The topological polar surface area (TPSA) is 59.1 Å². The molecule has 0 saturated carbocycles. The number of para-hydroxylation sites is 1. The van der Waals surface area contributed by atoms with Gasteiger partial charge in [0.05, 0.1) is 29.6 Å². The molecule has 0 spiro atoms. The molecule has 0 saturated heterocycles. The van der Waals surface area contributed by atoms with Crippen molar-refractivity contribution in [1.82, 2.24) is 0 Å². The Balaban J connectivity index is 2.12. The van der Waals surface area contributed by atoms with E-state index in [1.54, 1.807) is 17.9 Å². The minimum absolute atomic E-state index is 0.0337. The highest BCUT2D eigenvalue weighted by molar-refractivity contribution is 6.11. The first-order chi connectivity index (χ1) is 14.8. The van der Waals surface area contributed by atoms with Crippen LogP contribution in [-0.2, 0) is 4.74 Å². The summed E-state index contributed by atoms with van der Waals surface area (Å²) < 4.78 is 35.6. The van der Waals surface area contributed by atoms with Crippen LogP contribution in [0.25, 0.3) is 0 Å². The van der Waals surface area contributed by atoms with Gasteiger partial charge < -0.3 is 14.4 Å². The molecule has 31 heavy (non-hydrogen) atoms. The van der Waals surface area contributed by atoms with Gasteiger partial charge in [-0.05, 0) is 62.6 Å². The van der Waals surface area contributed by atoms with E-state index in [2.05, 4.69) is 4.74 Å². The summed E-state index contributed by atoms with van der Waals surface area (Å²) in [5.74, 6) is -0.656. The molecule has 3 rings (SSSR count). The largest absolute Gasteiger partial charge is 0.449 e. The highest BCUT2D eigenvalue weighted by Crippen LogP contribution is 2.40. The van der Waals surface area contributed by atoms with Crippen molar-refractivity contribution in [2.75, 3.05) is 23.0 Å². The van der Waals surface area contributed by atoms with E-state index in [4.69, 9.17) is 4.74 Å². The van der Waals surface area contributed by atoms with Crippen molar-refractivity contribution >= 4 is 23.4 Å². The van der Waals surface area contributed by atoms with Crippen LogP contribution in [0.15, 0.2) is 36.4 Å². The predicted octanol–water partition coefficient (Wildman–Crippen LogP) is 5.31. The number of carbonyl (C=O) groups is 2. The average Bonchev–Trinajstić information content (AvgIpc) is 2.73. The zero-order chi connectivity index (χ0) is 22.7. The first-order valence-corrected chi connectivity index (χ1v) is 10.2. The highest BCUT2D eigenvalue weighted by atomic mass is 19.3. The molecule has 2 aromatic rings.